The number of carbonyl (C=O) groups is 1. The SMILES string of the molecule is CCCCCCCCCCCCCCCCC(O)C(COP(=O)(O)OCCN)NC(=O)CC(O)CCCCCCCCCCC. The van der Waals surface area contributed by atoms with Crippen molar-refractivity contribution in [2.24, 2.45) is 5.73 Å². The maximum atomic E-state index is 12.7. The lowest BCUT2D eigenvalue weighted by Crippen LogP contribution is -2.47. The van der Waals surface area contributed by atoms with Crippen LogP contribution in [0.1, 0.15) is 181 Å². The van der Waals surface area contributed by atoms with Crippen molar-refractivity contribution in [3.63, 3.8) is 0 Å². The summed E-state index contributed by atoms with van der Waals surface area (Å²) in [6, 6.07) is -0.888. The Morgan fingerprint density at radius 1 is 0.667 bits per heavy atom. The van der Waals surface area contributed by atoms with Crippen molar-refractivity contribution in [1.29, 1.82) is 0 Å². The molecule has 4 unspecified atom stereocenters. The molecule has 0 aromatic rings. The first-order valence-electron chi connectivity index (χ1n) is 18.7. The van der Waals surface area contributed by atoms with Gasteiger partial charge in [-0.3, -0.25) is 13.8 Å². The Morgan fingerprint density at radius 3 is 1.49 bits per heavy atom. The molecular weight excluding hydrogens is 591 g/mol. The molecule has 0 fully saturated rings. The molecule has 6 N–H and O–H groups in total. The maximum Gasteiger partial charge on any atom is 0.472 e. The van der Waals surface area contributed by atoms with Crippen LogP contribution in [0, 0.1) is 0 Å². The molecule has 0 heterocycles. The summed E-state index contributed by atoms with van der Waals surface area (Å²) in [5, 5.41) is 24.0. The summed E-state index contributed by atoms with van der Waals surface area (Å²) >= 11 is 0. The highest BCUT2D eigenvalue weighted by Gasteiger charge is 2.28. The van der Waals surface area contributed by atoms with E-state index < -0.39 is 32.0 Å². The summed E-state index contributed by atoms with van der Waals surface area (Å²) in [5.74, 6) is -0.414. The lowest BCUT2D eigenvalue weighted by atomic mass is 10.0. The van der Waals surface area contributed by atoms with Crippen molar-refractivity contribution in [1.82, 2.24) is 5.32 Å². The Labute approximate surface area is 276 Å². The van der Waals surface area contributed by atoms with Gasteiger partial charge in [0.15, 0.2) is 0 Å². The van der Waals surface area contributed by atoms with Crippen molar-refractivity contribution in [2.45, 2.75) is 199 Å². The summed E-state index contributed by atoms with van der Waals surface area (Å²) in [7, 11) is -4.36. The van der Waals surface area contributed by atoms with Crippen molar-refractivity contribution >= 4 is 13.7 Å². The normalized spacial score (nSPS) is 15.1. The fourth-order valence-corrected chi connectivity index (χ4v) is 6.41. The molecule has 0 aliphatic rings. The van der Waals surface area contributed by atoms with Gasteiger partial charge in [0.1, 0.15) is 0 Å². The first-order chi connectivity index (χ1) is 21.8. The molecular formula is C35H73N2O7P. The van der Waals surface area contributed by atoms with E-state index in [2.05, 4.69) is 19.2 Å². The van der Waals surface area contributed by atoms with Gasteiger partial charge in [-0.05, 0) is 12.8 Å². The summed E-state index contributed by atoms with van der Waals surface area (Å²) in [5.41, 5.74) is 5.34. The number of unbranched alkanes of at least 4 members (excludes halogenated alkanes) is 21. The van der Waals surface area contributed by atoms with Crippen LogP contribution in [0.4, 0.5) is 0 Å². The molecule has 0 radical (unpaired) electrons. The highest BCUT2D eigenvalue weighted by atomic mass is 31.2. The van der Waals surface area contributed by atoms with Crippen LogP contribution < -0.4 is 11.1 Å². The highest BCUT2D eigenvalue weighted by molar-refractivity contribution is 7.47. The van der Waals surface area contributed by atoms with Crippen LogP contribution in [0.2, 0.25) is 0 Å². The topological polar surface area (TPSA) is 151 Å². The van der Waals surface area contributed by atoms with E-state index in [9.17, 15) is 24.5 Å². The standard InChI is InChI=1S/C35H73N2O7P/c1-3-5-7-9-11-13-14-15-16-17-19-21-23-25-27-34(39)33(31-44-45(41,42)43-29-28-36)37-35(40)30-32(38)26-24-22-20-18-12-10-8-6-4-2/h32-34,38-39H,3-31,36H2,1-2H3,(H,37,40)(H,41,42). The summed E-state index contributed by atoms with van der Waals surface area (Å²) in [6.07, 6.45) is 27.2. The number of hydrogen-bond donors (Lipinski definition) is 5. The largest absolute Gasteiger partial charge is 0.472 e. The zero-order chi connectivity index (χ0) is 33.4. The quantitative estimate of drug-likeness (QED) is 0.0334. The summed E-state index contributed by atoms with van der Waals surface area (Å²) in [6.45, 7) is 4.01. The van der Waals surface area contributed by atoms with Gasteiger partial charge in [-0.25, -0.2) is 4.57 Å². The number of rotatable bonds is 35. The number of aliphatic hydroxyl groups is 2. The van der Waals surface area contributed by atoms with Crippen LogP contribution in [-0.4, -0.2) is 59.0 Å². The fraction of sp³-hybridized carbons (Fsp3) is 0.971. The van der Waals surface area contributed by atoms with Crippen LogP contribution in [0.5, 0.6) is 0 Å². The zero-order valence-corrected chi connectivity index (χ0v) is 30.1. The third-order valence-corrected chi connectivity index (χ3v) is 9.50. The number of nitrogens with one attached hydrogen (secondary N) is 1. The molecule has 270 valence electrons. The molecule has 0 bridgehead atoms. The number of amides is 1. The van der Waals surface area contributed by atoms with Gasteiger partial charge < -0.3 is 26.2 Å². The molecule has 45 heavy (non-hydrogen) atoms. The lowest BCUT2D eigenvalue weighted by Gasteiger charge is -2.25. The highest BCUT2D eigenvalue weighted by Crippen LogP contribution is 2.43. The minimum Gasteiger partial charge on any atom is -0.393 e. The van der Waals surface area contributed by atoms with Gasteiger partial charge in [0.05, 0.1) is 37.9 Å². The van der Waals surface area contributed by atoms with Crippen molar-refractivity contribution in [3.8, 4) is 0 Å². The van der Waals surface area contributed by atoms with Gasteiger partial charge in [0, 0.05) is 6.54 Å². The minimum absolute atomic E-state index is 0.0622. The van der Waals surface area contributed by atoms with Gasteiger partial charge in [0.25, 0.3) is 0 Å². The molecule has 0 aliphatic carbocycles. The van der Waals surface area contributed by atoms with Crippen molar-refractivity contribution in [2.75, 3.05) is 19.8 Å². The van der Waals surface area contributed by atoms with Crippen LogP contribution >= 0.6 is 7.82 Å². The van der Waals surface area contributed by atoms with Gasteiger partial charge in [-0.2, -0.15) is 0 Å². The average molecular weight is 665 g/mol. The molecule has 0 saturated carbocycles. The number of phosphoric acid groups is 1. The molecule has 9 nitrogen and oxygen atoms in total. The Hall–Kier alpha value is -0.540. The second kappa shape index (κ2) is 32.0. The molecule has 0 aliphatic heterocycles. The van der Waals surface area contributed by atoms with E-state index in [4.69, 9.17) is 14.8 Å². The first kappa shape index (κ1) is 44.5. The molecule has 0 spiro atoms. The second-order valence-electron chi connectivity index (χ2n) is 13.0. The number of aliphatic hydroxyl groups excluding tert-OH is 2. The van der Waals surface area contributed by atoms with Gasteiger partial charge in [-0.15, -0.1) is 0 Å². The monoisotopic (exact) mass is 665 g/mol. The van der Waals surface area contributed by atoms with Crippen LogP contribution in [0.25, 0.3) is 0 Å². The Balaban J connectivity index is 4.37. The zero-order valence-electron chi connectivity index (χ0n) is 29.2. The average Bonchev–Trinajstić information content (AvgIpc) is 3.01. The van der Waals surface area contributed by atoms with Crippen molar-refractivity contribution < 1.29 is 33.5 Å². The molecule has 0 saturated heterocycles. The number of phosphoric ester groups is 1. The Kier molecular flexibility index (Phi) is 31.6. The lowest BCUT2D eigenvalue weighted by molar-refractivity contribution is -0.125. The van der Waals surface area contributed by atoms with E-state index in [0.717, 1.165) is 38.5 Å². The van der Waals surface area contributed by atoms with Gasteiger partial charge >= 0.3 is 7.82 Å². The van der Waals surface area contributed by atoms with Crippen LogP contribution in [0.15, 0.2) is 0 Å². The second-order valence-corrected chi connectivity index (χ2v) is 14.4. The first-order valence-corrected chi connectivity index (χ1v) is 20.2. The van der Waals surface area contributed by atoms with E-state index in [1.165, 1.54) is 109 Å². The molecule has 0 aromatic heterocycles. The van der Waals surface area contributed by atoms with Gasteiger partial charge in [0.2, 0.25) is 5.91 Å². The van der Waals surface area contributed by atoms with E-state index in [1.54, 1.807) is 0 Å². The van der Waals surface area contributed by atoms with Gasteiger partial charge in [-0.1, -0.05) is 162 Å². The van der Waals surface area contributed by atoms with E-state index in [0.29, 0.717) is 12.8 Å². The van der Waals surface area contributed by atoms with E-state index in [-0.39, 0.29) is 26.2 Å². The van der Waals surface area contributed by atoms with Crippen LogP contribution in [0.3, 0.4) is 0 Å². The predicted molar refractivity (Wildman–Crippen MR) is 186 cm³/mol. The number of hydrogen-bond acceptors (Lipinski definition) is 7. The number of carbonyl (C=O) groups excluding carboxylic acids is 1. The molecule has 0 aromatic carbocycles. The third kappa shape index (κ3) is 30.5. The minimum atomic E-state index is -4.36. The van der Waals surface area contributed by atoms with E-state index >= 15 is 0 Å². The molecule has 10 heteroatoms. The molecule has 0 rings (SSSR count). The van der Waals surface area contributed by atoms with Crippen molar-refractivity contribution in [3.05, 3.63) is 0 Å². The smallest absolute Gasteiger partial charge is 0.393 e. The molecule has 1 amide bonds. The number of nitrogens with two attached hydrogens (primary N) is 1. The third-order valence-electron chi connectivity index (χ3n) is 8.52. The predicted octanol–water partition coefficient (Wildman–Crippen LogP) is 8.47. The van der Waals surface area contributed by atoms with Crippen LogP contribution in [-0.2, 0) is 18.4 Å². The Morgan fingerprint density at radius 2 is 1.07 bits per heavy atom. The Bertz CT molecular complexity index is 701. The summed E-state index contributed by atoms with van der Waals surface area (Å²) in [4.78, 5) is 22.6. The fourth-order valence-electron chi connectivity index (χ4n) is 5.65. The summed E-state index contributed by atoms with van der Waals surface area (Å²) < 4.78 is 22.0. The van der Waals surface area contributed by atoms with E-state index in [1.807, 2.05) is 0 Å². The maximum absolute atomic E-state index is 12.7. The molecule has 4 atom stereocenters.